The number of piperazine rings is 1. The largest absolute Gasteiger partial charge is 0.368 e. The summed E-state index contributed by atoms with van der Waals surface area (Å²) in [6.07, 6.45) is 0. The van der Waals surface area contributed by atoms with Crippen LogP contribution in [0.1, 0.15) is 25.0 Å². The van der Waals surface area contributed by atoms with E-state index >= 15 is 0 Å². The number of benzene rings is 2. The molecule has 1 aliphatic rings. The molecule has 2 amide bonds. The van der Waals surface area contributed by atoms with Crippen LogP contribution in [-0.4, -0.2) is 42.9 Å². The third kappa shape index (κ3) is 4.53. The highest BCUT2D eigenvalue weighted by Crippen LogP contribution is 2.23. The highest BCUT2D eigenvalue weighted by molar-refractivity contribution is 6.04. The van der Waals surface area contributed by atoms with Crippen LogP contribution in [0.25, 0.3) is 0 Å². The van der Waals surface area contributed by atoms with Gasteiger partial charge in [0, 0.05) is 38.4 Å². The molecule has 1 heterocycles. The number of carbonyl (C=O) groups is 2. The van der Waals surface area contributed by atoms with Gasteiger partial charge in [0.05, 0.1) is 0 Å². The van der Waals surface area contributed by atoms with E-state index in [4.69, 9.17) is 0 Å². The van der Waals surface area contributed by atoms with Crippen LogP contribution in [0.2, 0.25) is 0 Å². The molecule has 2 aromatic carbocycles. The minimum Gasteiger partial charge on any atom is -0.368 e. The number of hydrogen-bond acceptors (Lipinski definition) is 3. The molecule has 0 aromatic heterocycles. The van der Waals surface area contributed by atoms with E-state index in [1.807, 2.05) is 35.2 Å². The molecule has 5 nitrogen and oxygen atoms in total. The first-order chi connectivity index (χ1) is 13.4. The van der Waals surface area contributed by atoms with Gasteiger partial charge in [-0.1, -0.05) is 42.5 Å². The summed E-state index contributed by atoms with van der Waals surface area (Å²) in [6.45, 7) is 8.74. The van der Waals surface area contributed by atoms with Gasteiger partial charge in [-0.25, -0.2) is 0 Å². The number of anilines is 1. The lowest BCUT2D eigenvalue weighted by molar-refractivity contribution is -0.148. The van der Waals surface area contributed by atoms with E-state index in [2.05, 4.69) is 41.4 Å². The fourth-order valence-electron chi connectivity index (χ4n) is 3.48. The van der Waals surface area contributed by atoms with Crippen LogP contribution in [0.3, 0.4) is 0 Å². The second-order valence-corrected chi connectivity index (χ2v) is 7.91. The van der Waals surface area contributed by atoms with Crippen LogP contribution in [0.15, 0.2) is 54.6 Å². The van der Waals surface area contributed by atoms with E-state index < -0.39 is 5.41 Å². The highest BCUT2D eigenvalue weighted by atomic mass is 16.2. The first kappa shape index (κ1) is 19.9. The molecule has 1 saturated heterocycles. The average molecular weight is 380 g/mol. The predicted octanol–water partition coefficient (Wildman–Crippen LogP) is 2.99. The number of aryl methyl sites for hydroxylation is 1. The Morgan fingerprint density at radius 2 is 1.64 bits per heavy atom. The quantitative estimate of drug-likeness (QED) is 0.813. The molecule has 148 valence electrons. The van der Waals surface area contributed by atoms with Crippen molar-refractivity contribution in [2.45, 2.75) is 27.3 Å². The number of amides is 2. The van der Waals surface area contributed by atoms with Crippen molar-refractivity contribution >= 4 is 17.5 Å². The maximum atomic E-state index is 13.0. The Labute approximate surface area is 167 Å². The monoisotopic (exact) mass is 379 g/mol. The number of nitrogens with one attached hydrogen (secondary N) is 1. The zero-order chi connectivity index (χ0) is 20.1. The normalized spacial score (nSPS) is 14.7. The Balaban J connectivity index is 1.56. The minimum atomic E-state index is -1.08. The molecule has 5 heteroatoms. The van der Waals surface area contributed by atoms with Crippen molar-refractivity contribution in [2.75, 3.05) is 31.1 Å². The van der Waals surface area contributed by atoms with Crippen LogP contribution in [0.5, 0.6) is 0 Å². The van der Waals surface area contributed by atoms with Crippen LogP contribution in [-0.2, 0) is 16.1 Å². The van der Waals surface area contributed by atoms with Crippen LogP contribution < -0.4 is 10.2 Å². The van der Waals surface area contributed by atoms with Gasteiger partial charge in [0.2, 0.25) is 11.8 Å². The summed E-state index contributed by atoms with van der Waals surface area (Å²) in [6, 6.07) is 18.1. The Morgan fingerprint density at radius 3 is 2.29 bits per heavy atom. The summed E-state index contributed by atoms with van der Waals surface area (Å²) in [4.78, 5) is 29.8. The van der Waals surface area contributed by atoms with Gasteiger partial charge < -0.3 is 15.1 Å². The van der Waals surface area contributed by atoms with E-state index in [0.29, 0.717) is 19.6 Å². The van der Waals surface area contributed by atoms with Gasteiger partial charge in [-0.05, 0) is 44.0 Å². The summed E-state index contributed by atoms with van der Waals surface area (Å²) in [5, 5.41) is 2.90. The lowest BCUT2D eigenvalue weighted by Gasteiger charge is -2.39. The van der Waals surface area contributed by atoms with E-state index in [0.717, 1.165) is 18.7 Å². The zero-order valence-corrected chi connectivity index (χ0v) is 16.9. The molecular formula is C23H29N3O2. The van der Waals surface area contributed by atoms with Gasteiger partial charge in [-0.3, -0.25) is 9.59 Å². The smallest absolute Gasteiger partial charge is 0.237 e. The van der Waals surface area contributed by atoms with Gasteiger partial charge in [0.1, 0.15) is 5.41 Å². The number of hydrogen-bond donors (Lipinski definition) is 1. The molecular weight excluding hydrogens is 350 g/mol. The third-order valence-corrected chi connectivity index (χ3v) is 5.33. The second-order valence-electron chi connectivity index (χ2n) is 7.91. The maximum Gasteiger partial charge on any atom is 0.237 e. The minimum absolute atomic E-state index is 0.109. The maximum absolute atomic E-state index is 13.0. The fraction of sp³-hybridized carbons (Fsp3) is 0.391. The Morgan fingerprint density at radius 1 is 0.964 bits per heavy atom. The number of rotatable bonds is 5. The van der Waals surface area contributed by atoms with Gasteiger partial charge in [0.15, 0.2) is 0 Å². The van der Waals surface area contributed by atoms with Crippen molar-refractivity contribution < 1.29 is 9.59 Å². The molecule has 0 bridgehead atoms. The van der Waals surface area contributed by atoms with Gasteiger partial charge in [0.25, 0.3) is 0 Å². The molecule has 3 rings (SSSR count). The van der Waals surface area contributed by atoms with E-state index in [1.165, 1.54) is 11.3 Å². The van der Waals surface area contributed by atoms with Crippen LogP contribution >= 0.6 is 0 Å². The van der Waals surface area contributed by atoms with Crippen molar-refractivity contribution in [1.82, 2.24) is 10.2 Å². The lowest BCUT2D eigenvalue weighted by Crippen LogP contribution is -2.55. The van der Waals surface area contributed by atoms with Crippen molar-refractivity contribution in [3.63, 3.8) is 0 Å². The van der Waals surface area contributed by atoms with Crippen LogP contribution in [0.4, 0.5) is 5.69 Å². The third-order valence-electron chi connectivity index (χ3n) is 5.33. The molecule has 0 unspecified atom stereocenters. The summed E-state index contributed by atoms with van der Waals surface area (Å²) >= 11 is 0. The molecule has 0 aliphatic carbocycles. The molecule has 0 spiro atoms. The summed E-state index contributed by atoms with van der Waals surface area (Å²) in [5.41, 5.74) is 2.35. The number of nitrogens with zero attached hydrogens (tertiary/aromatic N) is 2. The SMILES string of the molecule is Cc1cccc(N2CCN(C(=O)C(C)(C)C(=O)NCc3ccccc3)CC2)c1. The topological polar surface area (TPSA) is 52.7 Å². The van der Waals surface area contributed by atoms with E-state index in [9.17, 15) is 9.59 Å². The first-order valence-electron chi connectivity index (χ1n) is 9.81. The van der Waals surface area contributed by atoms with Gasteiger partial charge in [-0.15, -0.1) is 0 Å². The van der Waals surface area contributed by atoms with Crippen molar-refractivity contribution in [3.05, 3.63) is 65.7 Å². The summed E-state index contributed by atoms with van der Waals surface area (Å²) < 4.78 is 0. The van der Waals surface area contributed by atoms with E-state index in [-0.39, 0.29) is 11.8 Å². The fourth-order valence-corrected chi connectivity index (χ4v) is 3.48. The molecule has 28 heavy (non-hydrogen) atoms. The Kier molecular flexibility index (Phi) is 6.02. The molecule has 1 aliphatic heterocycles. The zero-order valence-electron chi connectivity index (χ0n) is 16.9. The average Bonchev–Trinajstić information content (AvgIpc) is 2.72. The lowest BCUT2D eigenvalue weighted by atomic mass is 9.89. The van der Waals surface area contributed by atoms with Crippen molar-refractivity contribution in [3.8, 4) is 0 Å². The molecule has 0 saturated carbocycles. The Hall–Kier alpha value is -2.82. The number of carbonyl (C=O) groups excluding carboxylic acids is 2. The standard InChI is InChI=1S/C23H29N3O2/c1-18-8-7-11-20(16-18)25-12-14-26(15-13-25)22(28)23(2,3)21(27)24-17-19-9-5-4-6-10-19/h4-11,16H,12-15,17H2,1-3H3,(H,24,27). The predicted molar refractivity (Wildman–Crippen MR) is 112 cm³/mol. The Bertz CT molecular complexity index is 825. The first-order valence-corrected chi connectivity index (χ1v) is 9.81. The van der Waals surface area contributed by atoms with E-state index in [1.54, 1.807) is 13.8 Å². The van der Waals surface area contributed by atoms with Crippen molar-refractivity contribution in [1.29, 1.82) is 0 Å². The van der Waals surface area contributed by atoms with Gasteiger partial charge >= 0.3 is 0 Å². The van der Waals surface area contributed by atoms with Crippen molar-refractivity contribution in [2.24, 2.45) is 5.41 Å². The molecule has 1 N–H and O–H groups in total. The molecule has 0 atom stereocenters. The second kappa shape index (κ2) is 8.46. The summed E-state index contributed by atoms with van der Waals surface area (Å²) in [5.74, 6) is -0.343. The molecule has 2 aromatic rings. The molecule has 1 fully saturated rings. The van der Waals surface area contributed by atoms with Crippen LogP contribution in [0, 0.1) is 12.3 Å². The summed E-state index contributed by atoms with van der Waals surface area (Å²) in [7, 11) is 0. The van der Waals surface area contributed by atoms with Gasteiger partial charge in [-0.2, -0.15) is 0 Å². The highest BCUT2D eigenvalue weighted by Gasteiger charge is 2.39. The molecule has 0 radical (unpaired) electrons.